The zero-order valence-electron chi connectivity index (χ0n) is 11.7. The van der Waals surface area contributed by atoms with E-state index in [0.29, 0.717) is 16.8 Å². The number of hydrogen-bond donors (Lipinski definition) is 2. The highest BCUT2D eigenvalue weighted by Crippen LogP contribution is 2.21. The number of anilines is 1. The molecule has 110 valence electrons. The first-order valence-corrected chi connectivity index (χ1v) is 7.67. The van der Waals surface area contributed by atoms with Gasteiger partial charge in [-0.1, -0.05) is 17.0 Å². The lowest BCUT2D eigenvalue weighted by molar-refractivity contribution is 0.430. The second kappa shape index (κ2) is 5.99. The van der Waals surface area contributed by atoms with E-state index >= 15 is 0 Å². The van der Waals surface area contributed by atoms with Crippen molar-refractivity contribution in [3.05, 3.63) is 41.1 Å². The van der Waals surface area contributed by atoms with E-state index < -0.39 is 10.0 Å². The monoisotopic (exact) mass is 305 g/mol. The fraction of sp³-hybridized carbons (Fsp3) is 0.214. The third kappa shape index (κ3) is 3.42. The Labute approximate surface area is 123 Å². The molecule has 1 aromatic heterocycles. The normalized spacial score (nSPS) is 10.8. The minimum atomic E-state index is -3.72. The predicted molar refractivity (Wildman–Crippen MR) is 79.2 cm³/mol. The van der Waals surface area contributed by atoms with Gasteiger partial charge in [0.15, 0.2) is 0 Å². The van der Waals surface area contributed by atoms with Gasteiger partial charge in [-0.15, -0.1) is 0 Å². The maximum atomic E-state index is 12.2. The Kier molecular flexibility index (Phi) is 4.31. The van der Waals surface area contributed by atoms with Crippen LogP contribution in [0.5, 0.6) is 0 Å². The SMILES string of the molecule is Cc1noc(NS(=O)(=O)c2ccc(C#CCN)cc2)c1C. The highest BCUT2D eigenvalue weighted by molar-refractivity contribution is 7.92. The molecule has 0 aliphatic rings. The van der Waals surface area contributed by atoms with E-state index in [1.54, 1.807) is 26.0 Å². The molecule has 0 spiro atoms. The number of nitrogens with zero attached hydrogens (tertiary/aromatic N) is 1. The molecule has 6 nitrogen and oxygen atoms in total. The number of sulfonamides is 1. The van der Waals surface area contributed by atoms with Gasteiger partial charge in [0.1, 0.15) is 0 Å². The van der Waals surface area contributed by atoms with Crippen LogP contribution in [0.3, 0.4) is 0 Å². The van der Waals surface area contributed by atoms with Crippen LogP contribution in [0, 0.1) is 25.7 Å². The molecule has 0 radical (unpaired) electrons. The van der Waals surface area contributed by atoms with Gasteiger partial charge < -0.3 is 10.3 Å². The molecule has 1 aromatic carbocycles. The minimum Gasteiger partial charge on any atom is -0.337 e. The minimum absolute atomic E-state index is 0.120. The van der Waals surface area contributed by atoms with Crippen molar-refractivity contribution < 1.29 is 12.9 Å². The van der Waals surface area contributed by atoms with E-state index in [1.807, 2.05) is 0 Å². The van der Waals surface area contributed by atoms with Gasteiger partial charge in [0, 0.05) is 11.1 Å². The average Bonchev–Trinajstić information content (AvgIpc) is 2.77. The molecule has 0 amide bonds. The predicted octanol–water partition coefficient (Wildman–Crippen LogP) is 1.40. The summed E-state index contributed by atoms with van der Waals surface area (Å²) in [6, 6.07) is 6.19. The molecule has 0 bridgehead atoms. The Morgan fingerprint density at radius 1 is 1.29 bits per heavy atom. The zero-order valence-corrected chi connectivity index (χ0v) is 12.5. The topological polar surface area (TPSA) is 98.2 Å². The third-order valence-electron chi connectivity index (χ3n) is 2.88. The van der Waals surface area contributed by atoms with Gasteiger partial charge >= 0.3 is 0 Å². The molecule has 0 unspecified atom stereocenters. The molecule has 0 aliphatic heterocycles. The molecule has 1 heterocycles. The maximum absolute atomic E-state index is 12.2. The Balaban J connectivity index is 2.25. The number of nitrogens with two attached hydrogens (primary N) is 1. The zero-order chi connectivity index (χ0) is 15.5. The van der Waals surface area contributed by atoms with Crippen molar-refractivity contribution in [2.45, 2.75) is 18.7 Å². The number of aromatic nitrogens is 1. The van der Waals surface area contributed by atoms with Crippen LogP contribution in [0.2, 0.25) is 0 Å². The first-order chi connectivity index (χ1) is 9.94. The molecule has 3 N–H and O–H groups in total. The molecule has 0 saturated carbocycles. The number of nitrogens with one attached hydrogen (secondary N) is 1. The van der Waals surface area contributed by atoms with Crippen LogP contribution < -0.4 is 10.5 Å². The summed E-state index contributed by atoms with van der Waals surface area (Å²) in [4.78, 5) is 0.120. The summed E-state index contributed by atoms with van der Waals surface area (Å²) in [5, 5.41) is 3.71. The van der Waals surface area contributed by atoms with Gasteiger partial charge in [0.2, 0.25) is 5.88 Å². The molecule has 2 rings (SSSR count). The summed E-state index contributed by atoms with van der Waals surface area (Å²) >= 11 is 0. The number of rotatable bonds is 3. The van der Waals surface area contributed by atoms with Crippen LogP contribution in [0.15, 0.2) is 33.7 Å². The van der Waals surface area contributed by atoms with Crippen LogP contribution in [0.1, 0.15) is 16.8 Å². The molecule has 0 aliphatic carbocycles. The Morgan fingerprint density at radius 2 is 1.95 bits per heavy atom. The Hall–Kier alpha value is -2.30. The van der Waals surface area contributed by atoms with Crippen molar-refractivity contribution in [1.82, 2.24) is 5.16 Å². The summed E-state index contributed by atoms with van der Waals surface area (Å²) in [6.45, 7) is 3.72. The van der Waals surface area contributed by atoms with Gasteiger partial charge in [0.25, 0.3) is 10.0 Å². The molecule has 2 aromatic rings. The molecular weight excluding hydrogens is 290 g/mol. The number of hydrogen-bond acceptors (Lipinski definition) is 5. The van der Waals surface area contributed by atoms with Crippen molar-refractivity contribution in [3.63, 3.8) is 0 Å². The average molecular weight is 305 g/mol. The van der Waals surface area contributed by atoms with Crippen molar-refractivity contribution in [2.75, 3.05) is 11.3 Å². The van der Waals surface area contributed by atoms with Crippen molar-refractivity contribution in [2.24, 2.45) is 5.73 Å². The Bertz CT molecular complexity index is 796. The van der Waals surface area contributed by atoms with Gasteiger partial charge in [0.05, 0.1) is 17.1 Å². The molecule has 0 fully saturated rings. The Morgan fingerprint density at radius 3 is 2.48 bits per heavy atom. The molecule has 0 saturated heterocycles. The van der Waals surface area contributed by atoms with E-state index in [4.69, 9.17) is 10.3 Å². The van der Waals surface area contributed by atoms with E-state index in [-0.39, 0.29) is 17.3 Å². The summed E-state index contributed by atoms with van der Waals surface area (Å²) in [6.07, 6.45) is 0. The smallest absolute Gasteiger partial charge is 0.264 e. The second-order valence-electron chi connectivity index (χ2n) is 4.36. The largest absolute Gasteiger partial charge is 0.337 e. The summed E-state index contributed by atoms with van der Waals surface area (Å²) in [5.41, 5.74) is 7.28. The third-order valence-corrected chi connectivity index (χ3v) is 4.23. The van der Waals surface area contributed by atoms with Crippen LogP contribution in [0.4, 0.5) is 5.88 Å². The summed E-state index contributed by atoms with van der Waals surface area (Å²) in [5.74, 6) is 5.65. The van der Waals surface area contributed by atoms with Gasteiger partial charge in [-0.2, -0.15) is 0 Å². The van der Waals surface area contributed by atoms with Crippen LogP contribution >= 0.6 is 0 Å². The fourth-order valence-corrected chi connectivity index (χ4v) is 2.61. The number of aryl methyl sites for hydroxylation is 1. The highest BCUT2D eigenvalue weighted by atomic mass is 32.2. The van der Waals surface area contributed by atoms with Crippen LogP contribution in [0.25, 0.3) is 0 Å². The van der Waals surface area contributed by atoms with Crippen molar-refractivity contribution in [1.29, 1.82) is 0 Å². The molecule has 7 heteroatoms. The van der Waals surface area contributed by atoms with Gasteiger partial charge in [-0.05, 0) is 38.1 Å². The van der Waals surface area contributed by atoms with Crippen molar-refractivity contribution >= 4 is 15.9 Å². The maximum Gasteiger partial charge on any atom is 0.264 e. The van der Waals surface area contributed by atoms with E-state index in [0.717, 1.165) is 0 Å². The van der Waals surface area contributed by atoms with Crippen molar-refractivity contribution in [3.8, 4) is 11.8 Å². The molecule has 21 heavy (non-hydrogen) atoms. The van der Waals surface area contributed by atoms with Crippen LogP contribution in [-0.2, 0) is 10.0 Å². The lowest BCUT2D eigenvalue weighted by Crippen LogP contribution is -2.13. The molecular formula is C14H15N3O3S. The number of benzene rings is 1. The lowest BCUT2D eigenvalue weighted by atomic mass is 10.2. The summed E-state index contributed by atoms with van der Waals surface area (Å²) in [7, 11) is -3.72. The molecule has 0 atom stereocenters. The highest BCUT2D eigenvalue weighted by Gasteiger charge is 2.18. The first-order valence-electron chi connectivity index (χ1n) is 6.19. The lowest BCUT2D eigenvalue weighted by Gasteiger charge is -2.05. The first kappa shape index (κ1) is 15.1. The summed E-state index contributed by atoms with van der Waals surface area (Å²) < 4.78 is 31.8. The second-order valence-corrected chi connectivity index (χ2v) is 6.04. The fourth-order valence-electron chi connectivity index (χ4n) is 1.56. The van der Waals surface area contributed by atoms with E-state index in [2.05, 4.69) is 21.7 Å². The van der Waals surface area contributed by atoms with Gasteiger partial charge in [-0.3, -0.25) is 0 Å². The quantitative estimate of drug-likeness (QED) is 0.835. The van der Waals surface area contributed by atoms with E-state index in [9.17, 15) is 8.42 Å². The van der Waals surface area contributed by atoms with Gasteiger partial charge in [-0.25, -0.2) is 13.1 Å². The van der Waals surface area contributed by atoms with E-state index in [1.165, 1.54) is 12.1 Å². The standard InChI is InChI=1S/C14H15N3O3S/c1-10-11(2)16-20-14(10)17-21(18,19)13-7-5-12(6-8-13)4-3-9-15/h5-8,17H,9,15H2,1-2H3. The van der Waals surface area contributed by atoms with Crippen LogP contribution in [-0.4, -0.2) is 20.1 Å².